The number of hydrogen-bond acceptors (Lipinski definition) is 2. The quantitative estimate of drug-likeness (QED) is 0.489. The fraction of sp³-hybridized carbons (Fsp3) is 0.0952. The zero-order valence-corrected chi connectivity index (χ0v) is 13.4. The van der Waals surface area contributed by atoms with Crippen LogP contribution in [0.2, 0.25) is 0 Å². The zero-order valence-electron chi connectivity index (χ0n) is 13.4. The van der Waals surface area contributed by atoms with E-state index in [1.807, 2.05) is 60.7 Å². The van der Waals surface area contributed by atoms with E-state index in [1.165, 1.54) is 0 Å². The Kier molecular flexibility index (Phi) is 4.92. The first kappa shape index (κ1) is 15.8. The maximum Gasteiger partial charge on any atom is 0.247 e. The van der Waals surface area contributed by atoms with Crippen molar-refractivity contribution >= 4 is 23.0 Å². The fourth-order valence-electron chi connectivity index (χ4n) is 2.54. The molecule has 3 nitrogen and oxygen atoms in total. The summed E-state index contributed by atoms with van der Waals surface area (Å²) in [6.07, 6.45) is 4.99. The number of carbonyl (C=O) groups excluding carboxylic acids is 1. The van der Waals surface area contributed by atoms with Crippen LogP contribution in [0, 0.1) is 0 Å². The number of furan rings is 1. The van der Waals surface area contributed by atoms with Crippen molar-refractivity contribution in [3.05, 3.63) is 90.7 Å². The van der Waals surface area contributed by atoms with Crippen molar-refractivity contribution in [2.75, 3.05) is 6.54 Å². The van der Waals surface area contributed by atoms with Crippen LogP contribution in [0.4, 0.5) is 0 Å². The number of amides is 1. The average Bonchev–Trinajstić information content (AvgIpc) is 3.03. The molecule has 0 bridgehead atoms. The van der Waals surface area contributed by atoms with Crippen LogP contribution < -0.4 is 0 Å². The second kappa shape index (κ2) is 7.47. The van der Waals surface area contributed by atoms with Crippen molar-refractivity contribution in [1.29, 1.82) is 0 Å². The van der Waals surface area contributed by atoms with Gasteiger partial charge >= 0.3 is 0 Å². The summed E-state index contributed by atoms with van der Waals surface area (Å²) >= 11 is 0. The molecule has 120 valence electrons. The number of nitrogens with zero attached hydrogens (tertiary/aromatic N) is 1. The first-order chi connectivity index (χ1) is 11.8. The van der Waals surface area contributed by atoms with E-state index in [9.17, 15) is 4.79 Å². The lowest BCUT2D eigenvalue weighted by Crippen LogP contribution is -2.29. The highest BCUT2D eigenvalue weighted by Gasteiger charge is 2.10. The summed E-state index contributed by atoms with van der Waals surface area (Å²) in [7, 11) is 0. The van der Waals surface area contributed by atoms with Crippen LogP contribution in [-0.4, -0.2) is 17.4 Å². The number of fused-ring (bicyclic) bond motifs is 1. The predicted molar refractivity (Wildman–Crippen MR) is 97.3 cm³/mol. The molecule has 0 fully saturated rings. The lowest BCUT2D eigenvalue weighted by molar-refractivity contribution is -0.126. The molecule has 1 aromatic heterocycles. The molecule has 0 N–H and O–H groups in total. The fourth-order valence-corrected chi connectivity index (χ4v) is 2.54. The molecule has 3 aromatic rings. The Bertz CT molecular complexity index is 829. The van der Waals surface area contributed by atoms with Gasteiger partial charge in [-0.3, -0.25) is 4.79 Å². The molecular formula is C21H19NO2. The largest absolute Gasteiger partial charge is 0.457 e. The highest BCUT2D eigenvalue weighted by atomic mass is 16.3. The van der Waals surface area contributed by atoms with Gasteiger partial charge in [-0.05, 0) is 23.8 Å². The van der Waals surface area contributed by atoms with Crippen molar-refractivity contribution < 1.29 is 9.21 Å². The SMILES string of the molecule is C=CCN(Cc1ccccc1)C(=O)/C=C/c1cc2ccccc2o1. The summed E-state index contributed by atoms with van der Waals surface area (Å²) in [6.45, 7) is 4.79. The van der Waals surface area contributed by atoms with Crippen molar-refractivity contribution in [3.8, 4) is 0 Å². The Morgan fingerprint density at radius 1 is 1.08 bits per heavy atom. The molecule has 0 unspecified atom stereocenters. The number of rotatable bonds is 6. The van der Waals surface area contributed by atoms with E-state index in [-0.39, 0.29) is 5.91 Å². The van der Waals surface area contributed by atoms with E-state index in [0.29, 0.717) is 18.8 Å². The molecular weight excluding hydrogens is 298 g/mol. The zero-order chi connectivity index (χ0) is 16.8. The van der Waals surface area contributed by atoms with Crippen molar-refractivity contribution in [2.24, 2.45) is 0 Å². The van der Waals surface area contributed by atoms with Gasteiger partial charge in [0, 0.05) is 24.6 Å². The summed E-state index contributed by atoms with van der Waals surface area (Å²) in [5.41, 5.74) is 1.90. The highest BCUT2D eigenvalue weighted by molar-refractivity contribution is 5.92. The first-order valence-corrected chi connectivity index (χ1v) is 7.86. The maximum absolute atomic E-state index is 12.5. The summed E-state index contributed by atoms with van der Waals surface area (Å²) < 4.78 is 5.70. The van der Waals surface area contributed by atoms with Crippen LogP contribution in [-0.2, 0) is 11.3 Å². The molecule has 0 saturated carbocycles. The van der Waals surface area contributed by atoms with Crippen LogP contribution >= 0.6 is 0 Å². The summed E-state index contributed by atoms with van der Waals surface area (Å²) in [5, 5.41) is 1.02. The molecule has 24 heavy (non-hydrogen) atoms. The molecule has 1 amide bonds. The Balaban J connectivity index is 1.73. The topological polar surface area (TPSA) is 33.5 Å². The van der Waals surface area contributed by atoms with Crippen LogP contribution in [0.25, 0.3) is 17.0 Å². The van der Waals surface area contributed by atoms with Gasteiger partial charge in [-0.1, -0.05) is 54.6 Å². The standard InChI is InChI=1S/C21H19NO2/c1-2-14-22(16-17-8-4-3-5-9-17)21(23)13-12-19-15-18-10-6-7-11-20(18)24-19/h2-13,15H,1,14,16H2/b13-12+. The van der Waals surface area contributed by atoms with E-state index < -0.39 is 0 Å². The lowest BCUT2D eigenvalue weighted by Gasteiger charge is -2.19. The van der Waals surface area contributed by atoms with E-state index in [1.54, 1.807) is 23.1 Å². The van der Waals surface area contributed by atoms with Gasteiger partial charge < -0.3 is 9.32 Å². The Morgan fingerprint density at radius 3 is 2.58 bits per heavy atom. The first-order valence-electron chi connectivity index (χ1n) is 7.86. The lowest BCUT2D eigenvalue weighted by atomic mass is 10.2. The molecule has 3 heteroatoms. The van der Waals surface area contributed by atoms with Gasteiger partial charge in [0.1, 0.15) is 11.3 Å². The second-order valence-corrected chi connectivity index (χ2v) is 5.51. The van der Waals surface area contributed by atoms with Gasteiger partial charge in [-0.25, -0.2) is 0 Å². The Labute approximate surface area is 141 Å². The minimum atomic E-state index is -0.0702. The number of para-hydroxylation sites is 1. The molecule has 0 saturated heterocycles. The van der Waals surface area contributed by atoms with E-state index in [0.717, 1.165) is 16.5 Å². The van der Waals surface area contributed by atoms with E-state index in [2.05, 4.69) is 6.58 Å². The van der Waals surface area contributed by atoms with Gasteiger partial charge in [-0.2, -0.15) is 0 Å². The number of hydrogen-bond donors (Lipinski definition) is 0. The minimum Gasteiger partial charge on any atom is -0.457 e. The summed E-state index contributed by atoms with van der Waals surface area (Å²) in [4.78, 5) is 14.2. The number of carbonyl (C=O) groups is 1. The Morgan fingerprint density at radius 2 is 1.83 bits per heavy atom. The third-order valence-corrected chi connectivity index (χ3v) is 3.71. The highest BCUT2D eigenvalue weighted by Crippen LogP contribution is 2.19. The molecule has 3 rings (SSSR count). The van der Waals surface area contributed by atoms with Crippen molar-refractivity contribution in [2.45, 2.75) is 6.54 Å². The smallest absolute Gasteiger partial charge is 0.247 e. The molecule has 0 spiro atoms. The van der Waals surface area contributed by atoms with Gasteiger partial charge in [0.15, 0.2) is 0 Å². The average molecular weight is 317 g/mol. The predicted octanol–water partition coefficient (Wildman–Crippen LogP) is 4.66. The molecule has 0 aliphatic heterocycles. The third-order valence-electron chi connectivity index (χ3n) is 3.71. The van der Waals surface area contributed by atoms with Crippen molar-refractivity contribution in [1.82, 2.24) is 4.90 Å². The molecule has 1 heterocycles. The van der Waals surface area contributed by atoms with Gasteiger partial charge in [0.2, 0.25) is 5.91 Å². The maximum atomic E-state index is 12.5. The normalized spacial score (nSPS) is 11.0. The molecule has 2 aromatic carbocycles. The van der Waals surface area contributed by atoms with Crippen molar-refractivity contribution in [3.63, 3.8) is 0 Å². The van der Waals surface area contributed by atoms with Crippen LogP contribution in [0.15, 0.2) is 83.8 Å². The molecule has 0 aliphatic rings. The van der Waals surface area contributed by atoms with E-state index >= 15 is 0 Å². The molecule has 0 atom stereocenters. The monoisotopic (exact) mass is 317 g/mol. The van der Waals surface area contributed by atoms with Gasteiger partial charge in [0.25, 0.3) is 0 Å². The van der Waals surface area contributed by atoms with Gasteiger partial charge in [0.05, 0.1) is 0 Å². The minimum absolute atomic E-state index is 0.0702. The summed E-state index contributed by atoms with van der Waals surface area (Å²) in [6, 6.07) is 19.6. The molecule has 0 aliphatic carbocycles. The molecule has 0 radical (unpaired) electrons. The van der Waals surface area contributed by atoms with Crippen LogP contribution in [0.3, 0.4) is 0 Å². The van der Waals surface area contributed by atoms with Gasteiger partial charge in [-0.15, -0.1) is 6.58 Å². The Hall–Kier alpha value is -3.07. The van der Waals surface area contributed by atoms with Crippen LogP contribution in [0.1, 0.15) is 11.3 Å². The third kappa shape index (κ3) is 3.82. The second-order valence-electron chi connectivity index (χ2n) is 5.51. The summed E-state index contributed by atoms with van der Waals surface area (Å²) in [5.74, 6) is 0.599. The van der Waals surface area contributed by atoms with E-state index in [4.69, 9.17) is 4.42 Å². The number of benzene rings is 2. The van der Waals surface area contributed by atoms with Crippen LogP contribution in [0.5, 0.6) is 0 Å².